The summed E-state index contributed by atoms with van der Waals surface area (Å²) in [5, 5.41) is 3.42. The Morgan fingerprint density at radius 1 is 1.35 bits per heavy atom. The van der Waals surface area contributed by atoms with Crippen LogP contribution < -0.4 is 10.2 Å². The molecule has 2 rings (SSSR count). The second-order valence-electron chi connectivity index (χ2n) is 5.41. The Kier molecular flexibility index (Phi) is 4.64. The Hall–Kier alpha value is -0.750. The van der Waals surface area contributed by atoms with E-state index in [2.05, 4.69) is 35.1 Å². The summed E-state index contributed by atoms with van der Waals surface area (Å²) < 4.78 is 38.8. The van der Waals surface area contributed by atoms with Crippen LogP contribution in [0.2, 0.25) is 0 Å². The van der Waals surface area contributed by atoms with Crippen LogP contribution in [0.5, 0.6) is 0 Å². The lowest BCUT2D eigenvalue weighted by molar-refractivity contribution is -0.138. The number of halogens is 4. The molecule has 1 aliphatic heterocycles. The van der Waals surface area contributed by atoms with Crippen molar-refractivity contribution in [3.8, 4) is 0 Å². The predicted octanol–water partition coefficient (Wildman–Crippen LogP) is 4.04. The molecule has 0 aromatic heterocycles. The molecule has 112 valence electrons. The quantitative estimate of drug-likeness (QED) is 0.884. The van der Waals surface area contributed by atoms with Crippen molar-refractivity contribution in [3.05, 3.63) is 28.2 Å². The Balaban J connectivity index is 2.15. The molecular formula is C14H18BrF3N2. The van der Waals surface area contributed by atoms with E-state index >= 15 is 0 Å². The number of nitrogens with one attached hydrogen (secondary N) is 1. The van der Waals surface area contributed by atoms with Crippen molar-refractivity contribution < 1.29 is 13.2 Å². The van der Waals surface area contributed by atoms with Gasteiger partial charge in [-0.1, -0.05) is 29.8 Å². The molecule has 20 heavy (non-hydrogen) atoms. The predicted molar refractivity (Wildman–Crippen MR) is 78.0 cm³/mol. The summed E-state index contributed by atoms with van der Waals surface area (Å²) in [6, 6.07) is 5.16. The van der Waals surface area contributed by atoms with Crippen LogP contribution in [0.1, 0.15) is 25.8 Å². The topological polar surface area (TPSA) is 15.3 Å². The molecule has 1 aliphatic rings. The molecule has 0 spiro atoms. The van der Waals surface area contributed by atoms with Crippen LogP contribution in [-0.2, 0) is 6.18 Å². The van der Waals surface area contributed by atoms with Crippen molar-refractivity contribution in [2.24, 2.45) is 0 Å². The van der Waals surface area contributed by atoms with Crippen LogP contribution in [0.15, 0.2) is 22.7 Å². The minimum Gasteiger partial charge on any atom is -0.370 e. The minimum absolute atomic E-state index is 0.0878. The fraction of sp³-hybridized carbons (Fsp3) is 0.571. The second kappa shape index (κ2) is 5.93. The van der Waals surface area contributed by atoms with E-state index in [4.69, 9.17) is 0 Å². The summed E-state index contributed by atoms with van der Waals surface area (Å²) in [4.78, 5) is 2.00. The summed E-state index contributed by atoms with van der Waals surface area (Å²) >= 11 is 2.97. The Labute approximate surface area is 125 Å². The van der Waals surface area contributed by atoms with Gasteiger partial charge in [-0.2, -0.15) is 13.2 Å². The van der Waals surface area contributed by atoms with Gasteiger partial charge in [0, 0.05) is 35.3 Å². The third-order valence-electron chi connectivity index (χ3n) is 3.38. The van der Waals surface area contributed by atoms with Gasteiger partial charge in [0.15, 0.2) is 0 Å². The summed E-state index contributed by atoms with van der Waals surface area (Å²) in [5.74, 6) is 0. The average Bonchev–Trinajstić information content (AvgIpc) is 2.75. The fourth-order valence-electron chi connectivity index (χ4n) is 2.53. The minimum atomic E-state index is -4.33. The molecule has 1 fully saturated rings. The highest BCUT2D eigenvalue weighted by atomic mass is 79.9. The van der Waals surface area contributed by atoms with E-state index in [0.717, 1.165) is 19.5 Å². The van der Waals surface area contributed by atoms with Crippen molar-refractivity contribution in [1.29, 1.82) is 0 Å². The second-order valence-corrected chi connectivity index (χ2v) is 6.27. The van der Waals surface area contributed by atoms with E-state index in [1.165, 1.54) is 12.1 Å². The maximum Gasteiger partial charge on any atom is 0.417 e. The molecule has 2 nitrogen and oxygen atoms in total. The number of hydrogen-bond acceptors (Lipinski definition) is 2. The van der Waals surface area contributed by atoms with E-state index in [1.807, 2.05) is 4.90 Å². The normalized spacial score (nSPS) is 19.9. The van der Waals surface area contributed by atoms with Gasteiger partial charge >= 0.3 is 6.18 Å². The maximum atomic E-state index is 12.9. The monoisotopic (exact) mass is 350 g/mol. The van der Waals surface area contributed by atoms with E-state index in [-0.39, 0.29) is 4.47 Å². The zero-order chi connectivity index (χ0) is 14.9. The number of benzene rings is 1. The van der Waals surface area contributed by atoms with Crippen molar-refractivity contribution in [3.63, 3.8) is 0 Å². The first-order valence-corrected chi connectivity index (χ1v) is 7.44. The molecule has 6 heteroatoms. The Morgan fingerprint density at radius 2 is 2.05 bits per heavy atom. The lowest BCUT2D eigenvalue weighted by atomic mass is 10.2. The van der Waals surface area contributed by atoms with Crippen LogP contribution >= 0.6 is 15.9 Å². The zero-order valence-electron chi connectivity index (χ0n) is 11.5. The van der Waals surface area contributed by atoms with Gasteiger partial charge < -0.3 is 10.2 Å². The first kappa shape index (κ1) is 15.6. The van der Waals surface area contributed by atoms with Gasteiger partial charge in [0.1, 0.15) is 0 Å². The smallest absolute Gasteiger partial charge is 0.370 e. The first-order valence-electron chi connectivity index (χ1n) is 6.65. The molecule has 1 unspecified atom stereocenters. The van der Waals surface area contributed by atoms with Crippen LogP contribution in [0.4, 0.5) is 18.9 Å². The Morgan fingerprint density at radius 3 is 2.65 bits per heavy atom. The number of hydrogen-bond donors (Lipinski definition) is 1. The maximum absolute atomic E-state index is 12.9. The molecular weight excluding hydrogens is 333 g/mol. The highest BCUT2D eigenvalue weighted by Gasteiger charge is 2.34. The van der Waals surface area contributed by atoms with Gasteiger partial charge in [-0.05, 0) is 24.6 Å². The van der Waals surface area contributed by atoms with Gasteiger partial charge in [-0.3, -0.25) is 0 Å². The number of anilines is 1. The number of rotatable bonds is 3. The van der Waals surface area contributed by atoms with Gasteiger partial charge in [0.25, 0.3) is 0 Å². The van der Waals surface area contributed by atoms with E-state index in [1.54, 1.807) is 6.07 Å². The van der Waals surface area contributed by atoms with Crippen LogP contribution in [0, 0.1) is 0 Å². The molecule has 1 atom stereocenters. The number of alkyl halides is 3. The fourth-order valence-corrected chi connectivity index (χ4v) is 3.00. The molecule has 1 saturated heterocycles. The van der Waals surface area contributed by atoms with Crippen LogP contribution in [0.3, 0.4) is 0 Å². The van der Waals surface area contributed by atoms with Gasteiger partial charge in [0.2, 0.25) is 0 Å². The van der Waals surface area contributed by atoms with Crippen LogP contribution in [-0.4, -0.2) is 25.2 Å². The van der Waals surface area contributed by atoms with Crippen molar-refractivity contribution in [1.82, 2.24) is 5.32 Å². The molecule has 0 bridgehead atoms. The highest BCUT2D eigenvalue weighted by Crippen LogP contribution is 2.37. The molecule has 0 saturated carbocycles. The van der Waals surface area contributed by atoms with Gasteiger partial charge in [0.05, 0.1) is 5.56 Å². The zero-order valence-corrected chi connectivity index (χ0v) is 13.1. The summed E-state index contributed by atoms with van der Waals surface area (Å²) in [5.41, 5.74) is 0.0175. The van der Waals surface area contributed by atoms with Crippen molar-refractivity contribution >= 4 is 21.6 Å². The lowest BCUT2D eigenvalue weighted by Crippen LogP contribution is -2.37. The summed E-state index contributed by atoms with van der Waals surface area (Å²) in [6.45, 7) is 5.68. The van der Waals surface area contributed by atoms with Crippen LogP contribution in [0.25, 0.3) is 0 Å². The standard InChI is InChI=1S/C14H18BrF3N2/c1-9(2)19-10-5-6-20(8-10)11-3-4-13(15)12(7-11)14(16,17)18/h3-4,7,9-10,19H,5-6,8H2,1-2H3. The molecule has 1 aromatic carbocycles. The third kappa shape index (κ3) is 3.67. The van der Waals surface area contributed by atoms with Crippen molar-refractivity contribution in [2.45, 2.75) is 38.5 Å². The summed E-state index contributed by atoms with van der Waals surface area (Å²) in [7, 11) is 0. The largest absolute Gasteiger partial charge is 0.417 e. The number of nitrogens with zero attached hydrogens (tertiary/aromatic N) is 1. The first-order chi connectivity index (χ1) is 9.27. The molecule has 1 N–H and O–H groups in total. The van der Waals surface area contributed by atoms with E-state index < -0.39 is 11.7 Å². The molecule has 0 radical (unpaired) electrons. The van der Waals surface area contributed by atoms with Gasteiger partial charge in [-0.25, -0.2) is 0 Å². The molecule has 0 amide bonds. The third-order valence-corrected chi connectivity index (χ3v) is 4.07. The average molecular weight is 351 g/mol. The lowest BCUT2D eigenvalue weighted by Gasteiger charge is -2.21. The SMILES string of the molecule is CC(C)NC1CCN(c2ccc(Br)c(C(F)(F)F)c2)C1. The van der Waals surface area contributed by atoms with Crippen molar-refractivity contribution in [2.75, 3.05) is 18.0 Å². The Bertz CT molecular complexity index is 474. The summed E-state index contributed by atoms with van der Waals surface area (Å²) in [6.07, 6.45) is -3.38. The van der Waals surface area contributed by atoms with E-state index in [0.29, 0.717) is 17.8 Å². The molecule has 1 aromatic rings. The molecule has 0 aliphatic carbocycles. The van der Waals surface area contributed by atoms with Gasteiger partial charge in [-0.15, -0.1) is 0 Å². The van der Waals surface area contributed by atoms with E-state index in [9.17, 15) is 13.2 Å². The highest BCUT2D eigenvalue weighted by molar-refractivity contribution is 9.10. The molecule has 1 heterocycles.